The van der Waals surface area contributed by atoms with Crippen LogP contribution in [0.3, 0.4) is 0 Å². The number of likely N-dealkylation sites (tertiary alicyclic amines) is 1. The van der Waals surface area contributed by atoms with E-state index in [1.807, 2.05) is 0 Å². The van der Waals surface area contributed by atoms with Crippen LogP contribution in [0.1, 0.15) is 79.6 Å². The minimum atomic E-state index is -1.10. The molecule has 0 N–H and O–H groups in total. The van der Waals surface area contributed by atoms with E-state index in [1.165, 1.54) is 0 Å². The van der Waals surface area contributed by atoms with Crippen molar-refractivity contribution >= 4 is 35.3 Å². The Morgan fingerprint density at radius 1 is 0.841 bits per heavy atom. The number of rotatable bonds is 12. The third-order valence-electron chi connectivity index (χ3n) is 9.69. The quantitative estimate of drug-likeness (QED) is 0.248. The molecule has 1 aromatic heterocycles. The van der Waals surface area contributed by atoms with Gasteiger partial charge in [0.15, 0.2) is 5.82 Å². The molecule has 246 valence electrons. The second-order valence-electron chi connectivity index (χ2n) is 12.1. The molecule has 1 unspecified atom stereocenters. The van der Waals surface area contributed by atoms with Gasteiger partial charge in [-0.15, -0.1) is 0 Å². The standard InChI is InChI=1S/C33H54N6O5/c1-6-35(7-2)27-16-17-28(36(8-3)9-4)34-29(27)37-21-23-38(24-22-37)32(42)44-25-26-15-14-20-39(26)30(40)33(31(41)43-10-5)18-12-11-13-19-33/h16-17,26H,6-15,18-25H2,1-5H3. The number of amides is 2. The maximum atomic E-state index is 13.8. The molecule has 1 saturated carbocycles. The van der Waals surface area contributed by atoms with Crippen molar-refractivity contribution in [1.29, 1.82) is 0 Å². The molecular formula is C33H54N6O5. The van der Waals surface area contributed by atoms with Crippen LogP contribution in [0.15, 0.2) is 12.1 Å². The number of ether oxygens (including phenoxy) is 2. The number of nitrogens with zero attached hydrogens (tertiary/aromatic N) is 6. The summed E-state index contributed by atoms with van der Waals surface area (Å²) >= 11 is 0. The highest BCUT2D eigenvalue weighted by Gasteiger charge is 2.51. The van der Waals surface area contributed by atoms with Gasteiger partial charge in [0.25, 0.3) is 0 Å². The number of carbonyl (C=O) groups excluding carboxylic acids is 3. The Morgan fingerprint density at radius 2 is 1.50 bits per heavy atom. The number of aromatic nitrogens is 1. The fourth-order valence-corrected chi connectivity index (χ4v) is 7.04. The van der Waals surface area contributed by atoms with Gasteiger partial charge in [0, 0.05) is 58.9 Å². The lowest BCUT2D eigenvalue weighted by Crippen LogP contribution is -2.53. The summed E-state index contributed by atoms with van der Waals surface area (Å²) in [5.41, 5.74) is 0.0177. The van der Waals surface area contributed by atoms with Crippen LogP contribution in [-0.2, 0) is 19.1 Å². The number of hydrogen-bond acceptors (Lipinski definition) is 9. The van der Waals surface area contributed by atoms with E-state index < -0.39 is 11.4 Å². The van der Waals surface area contributed by atoms with E-state index in [0.717, 1.165) is 75.6 Å². The number of anilines is 3. The molecule has 2 saturated heterocycles. The molecule has 1 aromatic rings. The molecule has 11 nitrogen and oxygen atoms in total. The number of esters is 1. The highest BCUT2D eigenvalue weighted by Crippen LogP contribution is 2.41. The Labute approximate surface area is 263 Å². The number of carbonyl (C=O) groups is 3. The average molecular weight is 615 g/mol. The average Bonchev–Trinajstić information content (AvgIpc) is 3.54. The maximum Gasteiger partial charge on any atom is 0.409 e. The molecule has 1 aliphatic carbocycles. The lowest BCUT2D eigenvalue weighted by atomic mass is 9.72. The molecule has 0 radical (unpaired) electrons. The van der Waals surface area contributed by atoms with Gasteiger partial charge in [-0.1, -0.05) is 19.3 Å². The van der Waals surface area contributed by atoms with Crippen LogP contribution in [0.25, 0.3) is 0 Å². The first-order valence-electron chi connectivity index (χ1n) is 17.0. The molecule has 3 aliphatic rings. The molecule has 2 aliphatic heterocycles. The zero-order valence-corrected chi connectivity index (χ0v) is 27.7. The first-order valence-corrected chi connectivity index (χ1v) is 17.0. The van der Waals surface area contributed by atoms with Gasteiger partial charge < -0.3 is 34.0 Å². The van der Waals surface area contributed by atoms with E-state index in [9.17, 15) is 14.4 Å². The van der Waals surface area contributed by atoms with Crippen molar-refractivity contribution in [2.24, 2.45) is 5.41 Å². The largest absolute Gasteiger partial charge is 0.465 e. The van der Waals surface area contributed by atoms with Crippen molar-refractivity contribution in [2.45, 2.75) is 85.6 Å². The van der Waals surface area contributed by atoms with Gasteiger partial charge in [-0.05, 0) is 72.4 Å². The van der Waals surface area contributed by atoms with Gasteiger partial charge in [-0.3, -0.25) is 9.59 Å². The third kappa shape index (κ3) is 7.18. The molecule has 0 spiro atoms. The van der Waals surface area contributed by atoms with Crippen molar-refractivity contribution in [3.8, 4) is 0 Å². The Hall–Kier alpha value is -3.24. The molecule has 44 heavy (non-hydrogen) atoms. The van der Waals surface area contributed by atoms with Crippen molar-refractivity contribution in [3.05, 3.63) is 12.1 Å². The smallest absolute Gasteiger partial charge is 0.409 e. The van der Waals surface area contributed by atoms with Crippen LogP contribution in [0, 0.1) is 5.41 Å². The summed E-state index contributed by atoms with van der Waals surface area (Å²) in [5.74, 6) is 1.39. The molecule has 3 heterocycles. The van der Waals surface area contributed by atoms with Crippen LogP contribution in [0.4, 0.5) is 22.1 Å². The monoisotopic (exact) mass is 614 g/mol. The number of piperazine rings is 1. The molecule has 11 heteroatoms. The Bertz CT molecular complexity index is 1110. The van der Waals surface area contributed by atoms with Crippen LogP contribution in [0.5, 0.6) is 0 Å². The zero-order valence-electron chi connectivity index (χ0n) is 27.7. The van der Waals surface area contributed by atoms with Crippen LogP contribution < -0.4 is 14.7 Å². The number of pyridine rings is 1. The fraction of sp³-hybridized carbons (Fsp3) is 0.758. The van der Waals surface area contributed by atoms with Crippen molar-refractivity contribution in [2.75, 3.05) is 86.8 Å². The zero-order chi connectivity index (χ0) is 31.7. The van der Waals surface area contributed by atoms with Crippen LogP contribution in [0.2, 0.25) is 0 Å². The molecule has 0 bridgehead atoms. The summed E-state index contributed by atoms with van der Waals surface area (Å²) < 4.78 is 11.2. The first-order chi connectivity index (χ1) is 21.3. The van der Waals surface area contributed by atoms with Crippen molar-refractivity contribution < 1.29 is 23.9 Å². The van der Waals surface area contributed by atoms with E-state index in [-0.39, 0.29) is 31.3 Å². The maximum absolute atomic E-state index is 13.8. The topological polar surface area (TPSA) is 98.8 Å². The number of hydrogen-bond donors (Lipinski definition) is 0. The van der Waals surface area contributed by atoms with E-state index in [2.05, 4.69) is 54.5 Å². The highest BCUT2D eigenvalue weighted by molar-refractivity contribution is 6.03. The van der Waals surface area contributed by atoms with Gasteiger partial charge in [0.1, 0.15) is 17.8 Å². The molecular weight excluding hydrogens is 560 g/mol. The van der Waals surface area contributed by atoms with E-state index in [1.54, 1.807) is 16.7 Å². The molecule has 0 aromatic carbocycles. The van der Waals surface area contributed by atoms with Crippen LogP contribution >= 0.6 is 0 Å². The second kappa shape index (κ2) is 15.7. The molecule has 3 fully saturated rings. The van der Waals surface area contributed by atoms with Crippen molar-refractivity contribution in [3.63, 3.8) is 0 Å². The van der Waals surface area contributed by atoms with E-state index >= 15 is 0 Å². The van der Waals surface area contributed by atoms with Crippen molar-refractivity contribution in [1.82, 2.24) is 14.8 Å². The van der Waals surface area contributed by atoms with Crippen LogP contribution in [-0.4, -0.2) is 111 Å². The lowest BCUT2D eigenvalue weighted by Gasteiger charge is -2.39. The summed E-state index contributed by atoms with van der Waals surface area (Å²) in [6.45, 7) is 17.3. The summed E-state index contributed by atoms with van der Waals surface area (Å²) in [6, 6.07) is 4.07. The van der Waals surface area contributed by atoms with Gasteiger partial charge in [0.05, 0.1) is 18.3 Å². The SMILES string of the molecule is CCOC(=O)C1(C(=O)N2CCCC2COC(=O)N2CCN(c3nc(N(CC)CC)ccc3N(CC)CC)CC2)CCCCC1. The molecule has 1 atom stereocenters. The minimum absolute atomic E-state index is 0.142. The minimum Gasteiger partial charge on any atom is -0.465 e. The van der Waals surface area contributed by atoms with E-state index in [0.29, 0.717) is 45.6 Å². The summed E-state index contributed by atoms with van der Waals surface area (Å²) in [5, 5.41) is 0. The molecule has 2 amide bonds. The van der Waals surface area contributed by atoms with E-state index in [4.69, 9.17) is 14.5 Å². The predicted molar refractivity (Wildman–Crippen MR) is 173 cm³/mol. The summed E-state index contributed by atoms with van der Waals surface area (Å²) in [7, 11) is 0. The Balaban J connectivity index is 1.38. The second-order valence-corrected chi connectivity index (χ2v) is 12.1. The third-order valence-corrected chi connectivity index (χ3v) is 9.69. The highest BCUT2D eigenvalue weighted by atomic mass is 16.6. The van der Waals surface area contributed by atoms with Gasteiger partial charge in [-0.2, -0.15) is 0 Å². The van der Waals surface area contributed by atoms with Gasteiger partial charge in [0.2, 0.25) is 5.91 Å². The Morgan fingerprint density at radius 3 is 2.11 bits per heavy atom. The predicted octanol–water partition coefficient (Wildman–Crippen LogP) is 4.54. The fourth-order valence-electron chi connectivity index (χ4n) is 7.04. The van der Waals surface area contributed by atoms with Gasteiger partial charge >= 0.3 is 12.1 Å². The first kappa shape index (κ1) is 33.6. The lowest BCUT2D eigenvalue weighted by molar-refractivity contribution is -0.168. The van der Waals surface area contributed by atoms with Gasteiger partial charge in [-0.25, -0.2) is 9.78 Å². The normalized spacial score (nSPS) is 19.9. The summed E-state index contributed by atoms with van der Waals surface area (Å²) in [6.07, 6.45) is 5.01. The molecule has 4 rings (SSSR count). The Kier molecular flexibility index (Phi) is 12.0. The summed E-state index contributed by atoms with van der Waals surface area (Å²) in [4.78, 5) is 55.6.